The third kappa shape index (κ3) is 3.37. The minimum atomic E-state index is 0.105. The fourth-order valence-electron chi connectivity index (χ4n) is 3.16. The van der Waals surface area contributed by atoms with Crippen molar-refractivity contribution in [2.24, 2.45) is 0 Å². The molecule has 0 fully saturated rings. The van der Waals surface area contributed by atoms with Gasteiger partial charge in [-0.15, -0.1) is 0 Å². The van der Waals surface area contributed by atoms with E-state index in [0.717, 1.165) is 47.5 Å². The number of methoxy groups -OCH3 is 1. The maximum absolute atomic E-state index is 13.0. The number of carbonyl (C=O) groups is 1. The van der Waals surface area contributed by atoms with Crippen LogP contribution < -0.4 is 10.1 Å². The normalized spacial score (nSPS) is 12.9. The zero-order valence-electron chi connectivity index (χ0n) is 14.3. The largest absolute Gasteiger partial charge is 0.497 e. The van der Waals surface area contributed by atoms with Crippen molar-refractivity contribution in [1.82, 2.24) is 4.90 Å². The molecule has 3 rings (SSSR count). The molecule has 0 unspecified atom stereocenters. The average Bonchev–Trinajstić information content (AvgIpc) is 2.65. The third-order valence-electron chi connectivity index (χ3n) is 4.53. The molecule has 0 saturated carbocycles. The first-order chi connectivity index (χ1) is 11.7. The van der Waals surface area contributed by atoms with Crippen molar-refractivity contribution in [2.45, 2.75) is 26.3 Å². The Labute approximate surface area is 143 Å². The molecule has 1 aliphatic heterocycles. The molecule has 2 aromatic carbocycles. The third-order valence-corrected chi connectivity index (χ3v) is 4.53. The number of hydrogen-bond acceptors (Lipinski definition) is 3. The topological polar surface area (TPSA) is 41.6 Å². The molecule has 1 amide bonds. The van der Waals surface area contributed by atoms with Gasteiger partial charge in [0.05, 0.1) is 7.11 Å². The Hall–Kier alpha value is -2.49. The lowest BCUT2D eigenvalue weighted by molar-refractivity contribution is 0.0751. The zero-order chi connectivity index (χ0) is 16.9. The van der Waals surface area contributed by atoms with E-state index in [2.05, 4.69) is 11.4 Å². The second-order valence-electron chi connectivity index (χ2n) is 6.03. The van der Waals surface area contributed by atoms with Gasteiger partial charge in [-0.05, 0) is 55.2 Å². The van der Waals surface area contributed by atoms with Crippen molar-refractivity contribution in [3.8, 4) is 5.75 Å². The fraction of sp³-hybridized carbons (Fsp3) is 0.350. The molecule has 4 heteroatoms. The summed E-state index contributed by atoms with van der Waals surface area (Å²) in [4.78, 5) is 14.9. The second kappa shape index (κ2) is 7.39. The van der Waals surface area contributed by atoms with Crippen LogP contribution in [0.5, 0.6) is 5.75 Å². The van der Waals surface area contributed by atoms with E-state index < -0.39 is 0 Å². The van der Waals surface area contributed by atoms with Gasteiger partial charge < -0.3 is 15.0 Å². The van der Waals surface area contributed by atoms with E-state index >= 15 is 0 Å². The van der Waals surface area contributed by atoms with Crippen molar-refractivity contribution < 1.29 is 9.53 Å². The molecule has 0 saturated heterocycles. The van der Waals surface area contributed by atoms with Crippen LogP contribution in [-0.4, -0.2) is 31.0 Å². The lowest BCUT2D eigenvalue weighted by Gasteiger charge is -2.25. The lowest BCUT2D eigenvalue weighted by atomic mass is 9.96. The highest BCUT2D eigenvalue weighted by molar-refractivity contribution is 5.97. The molecule has 4 nitrogen and oxygen atoms in total. The van der Waals surface area contributed by atoms with Gasteiger partial charge in [-0.25, -0.2) is 0 Å². The summed E-state index contributed by atoms with van der Waals surface area (Å²) in [5.74, 6) is 0.935. The second-order valence-corrected chi connectivity index (χ2v) is 6.03. The first-order valence-electron chi connectivity index (χ1n) is 8.51. The van der Waals surface area contributed by atoms with Crippen LogP contribution >= 0.6 is 0 Å². The highest BCUT2D eigenvalue weighted by atomic mass is 16.5. The van der Waals surface area contributed by atoms with Crippen LogP contribution in [0.3, 0.4) is 0 Å². The number of carbonyl (C=O) groups excluding carboxylic acids is 1. The van der Waals surface area contributed by atoms with Gasteiger partial charge in [-0.2, -0.15) is 0 Å². The Morgan fingerprint density at radius 2 is 2.00 bits per heavy atom. The van der Waals surface area contributed by atoms with Gasteiger partial charge >= 0.3 is 0 Å². The summed E-state index contributed by atoms with van der Waals surface area (Å²) in [7, 11) is 1.66. The fourth-order valence-corrected chi connectivity index (χ4v) is 3.16. The van der Waals surface area contributed by atoms with Gasteiger partial charge in [0.25, 0.3) is 5.91 Å². The molecule has 1 N–H and O–H groups in total. The molecule has 0 bridgehead atoms. The predicted molar refractivity (Wildman–Crippen MR) is 96.7 cm³/mol. The van der Waals surface area contributed by atoms with E-state index in [1.54, 1.807) is 7.11 Å². The van der Waals surface area contributed by atoms with Crippen LogP contribution in [0.15, 0.2) is 42.5 Å². The van der Waals surface area contributed by atoms with E-state index in [4.69, 9.17) is 4.74 Å². The Morgan fingerprint density at radius 1 is 1.21 bits per heavy atom. The number of anilines is 1. The first kappa shape index (κ1) is 16.4. The Morgan fingerprint density at radius 3 is 2.71 bits per heavy atom. The van der Waals surface area contributed by atoms with Gasteiger partial charge in [0.15, 0.2) is 0 Å². The molecule has 24 heavy (non-hydrogen) atoms. The maximum atomic E-state index is 13.0. The predicted octanol–water partition coefficient (Wildman–Crippen LogP) is 3.72. The maximum Gasteiger partial charge on any atom is 0.254 e. The quantitative estimate of drug-likeness (QED) is 0.911. The Balaban J connectivity index is 1.81. The van der Waals surface area contributed by atoms with Gasteiger partial charge in [0.1, 0.15) is 5.75 Å². The minimum Gasteiger partial charge on any atom is -0.497 e. The van der Waals surface area contributed by atoms with Crippen molar-refractivity contribution in [3.63, 3.8) is 0 Å². The van der Waals surface area contributed by atoms with E-state index in [1.165, 1.54) is 0 Å². The number of nitrogens with one attached hydrogen (secondary N) is 1. The summed E-state index contributed by atoms with van der Waals surface area (Å²) >= 11 is 0. The summed E-state index contributed by atoms with van der Waals surface area (Å²) in [5.41, 5.74) is 4.19. The molecule has 0 radical (unpaired) electrons. The smallest absolute Gasteiger partial charge is 0.254 e. The van der Waals surface area contributed by atoms with Crippen LogP contribution in [0.25, 0.3) is 0 Å². The first-order valence-corrected chi connectivity index (χ1v) is 8.51. The summed E-state index contributed by atoms with van der Waals surface area (Å²) in [6.07, 6.45) is 2.03. The minimum absolute atomic E-state index is 0.105. The van der Waals surface area contributed by atoms with Crippen molar-refractivity contribution >= 4 is 11.6 Å². The number of rotatable bonds is 5. The van der Waals surface area contributed by atoms with Crippen LogP contribution in [0.1, 0.15) is 34.8 Å². The van der Waals surface area contributed by atoms with Gasteiger partial charge in [-0.1, -0.05) is 18.2 Å². The van der Waals surface area contributed by atoms with Gasteiger partial charge in [-0.3, -0.25) is 4.79 Å². The Kier molecular flexibility index (Phi) is 5.04. The summed E-state index contributed by atoms with van der Waals surface area (Å²) in [6.45, 7) is 4.29. The summed E-state index contributed by atoms with van der Waals surface area (Å²) in [5, 5.41) is 3.39. The molecule has 1 aliphatic rings. The van der Waals surface area contributed by atoms with Crippen LogP contribution in [0.4, 0.5) is 5.69 Å². The molecular formula is C20H24N2O2. The zero-order valence-corrected chi connectivity index (χ0v) is 14.3. The van der Waals surface area contributed by atoms with E-state index in [9.17, 15) is 4.79 Å². The van der Waals surface area contributed by atoms with Crippen molar-refractivity contribution in [1.29, 1.82) is 0 Å². The van der Waals surface area contributed by atoms with Crippen molar-refractivity contribution in [2.75, 3.05) is 25.5 Å². The molecule has 126 valence electrons. The van der Waals surface area contributed by atoms with E-state index in [0.29, 0.717) is 13.1 Å². The van der Waals surface area contributed by atoms with Crippen LogP contribution in [0.2, 0.25) is 0 Å². The number of ether oxygens (including phenoxy) is 1. The summed E-state index contributed by atoms with van der Waals surface area (Å²) in [6, 6.07) is 13.9. The average molecular weight is 324 g/mol. The molecule has 0 spiro atoms. The van der Waals surface area contributed by atoms with E-state index in [1.807, 2.05) is 48.2 Å². The highest BCUT2D eigenvalue weighted by Gasteiger charge is 2.21. The number of benzene rings is 2. The number of nitrogens with zero attached hydrogens (tertiary/aromatic N) is 1. The number of amides is 1. The molecule has 1 heterocycles. The monoisotopic (exact) mass is 324 g/mol. The molecular weight excluding hydrogens is 300 g/mol. The van der Waals surface area contributed by atoms with Crippen LogP contribution in [-0.2, 0) is 13.0 Å². The standard InChI is InChI=1S/C20H24N2O2/c1-3-22(14-15-9-11-16(24-2)12-10-15)20(23)18-6-4-8-19-17(18)7-5-13-21-19/h4,6,8-12,21H,3,5,7,13-14H2,1-2H3. The lowest BCUT2D eigenvalue weighted by Crippen LogP contribution is -2.31. The molecule has 0 aliphatic carbocycles. The van der Waals surface area contributed by atoms with E-state index in [-0.39, 0.29) is 5.91 Å². The molecule has 2 aromatic rings. The van der Waals surface area contributed by atoms with Crippen molar-refractivity contribution in [3.05, 3.63) is 59.2 Å². The molecule has 0 aromatic heterocycles. The Bertz CT molecular complexity index is 710. The van der Waals surface area contributed by atoms with Crippen LogP contribution in [0, 0.1) is 0 Å². The molecule has 0 atom stereocenters. The highest BCUT2D eigenvalue weighted by Crippen LogP contribution is 2.26. The van der Waals surface area contributed by atoms with Gasteiger partial charge in [0.2, 0.25) is 0 Å². The SMILES string of the molecule is CCN(Cc1ccc(OC)cc1)C(=O)c1cccc2c1CCCN2. The summed E-state index contributed by atoms with van der Waals surface area (Å²) < 4.78 is 5.19. The number of hydrogen-bond donors (Lipinski definition) is 1. The van der Waals surface area contributed by atoms with Gasteiger partial charge in [0, 0.05) is 30.9 Å². The number of fused-ring (bicyclic) bond motifs is 1.